The third kappa shape index (κ3) is 4.06. The van der Waals surface area contributed by atoms with Gasteiger partial charge < -0.3 is 5.32 Å². The number of nitro groups is 1. The number of carbonyl (C=O) groups is 1. The van der Waals surface area contributed by atoms with Gasteiger partial charge in [0, 0.05) is 36.3 Å². The number of hydrogen-bond acceptors (Lipinski definition) is 5. The predicted molar refractivity (Wildman–Crippen MR) is 96.0 cm³/mol. The second kappa shape index (κ2) is 7.48. The van der Waals surface area contributed by atoms with Crippen molar-refractivity contribution in [1.82, 2.24) is 4.31 Å². The Bertz CT molecular complexity index is 995. The Morgan fingerprint density at radius 3 is 2.46 bits per heavy atom. The highest BCUT2D eigenvalue weighted by atomic mass is 79.9. The summed E-state index contributed by atoms with van der Waals surface area (Å²) in [6.45, 7) is 0. The van der Waals surface area contributed by atoms with Gasteiger partial charge in [-0.1, -0.05) is 0 Å². The maximum atomic E-state index is 13.8. The van der Waals surface area contributed by atoms with Crippen molar-refractivity contribution in [1.29, 1.82) is 0 Å². The molecule has 0 radical (unpaired) electrons. The highest BCUT2D eigenvalue weighted by Gasteiger charge is 2.22. The molecule has 0 unspecified atom stereocenters. The number of non-ortho nitro benzene ring substituents is 1. The Labute approximate surface area is 157 Å². The number of rotatable bonds is 5. The molecule has 2 aromatic carbocycles. The maximum absolute atomic E-state index is 13.8. The number of halogens is 2. The molecule has 1 amide bonds. The Morgan fingerprint density at radius 1 is 1.23 bits per heavy atom. The summed E-state index contributed by atoms with van der Waals surface area (Å²) in [5.74, 6) is -1.67. The number of nitrogens with one attached hydrogen (secondary N) is 1. The van der Waals surface area contributed by atoms with E-state index in [1.165, 1.54) is 26.2 Å². The van der Waals surface area contributed by atoms with Crippen LogP contribution in [0, 0.1) is 15.9 Å². The SMILES string of the molecule is CN(C)S(=O)(=O)c1cc(C(=O)Nc2cc([N+](=O)[O-])ccc2F)ccc1Br. The van der Waals surface area contributed by atoms with Crippen LogP contribution in [-0.2, 0) is 10.0 Å². The van der Waals surface area contributed by atoms with Gasteiger partial charge in [0.25, 0.3) is 11.6 Å². The first kappa shape index (κ1) is 19.9. The summed E-state index contributed by atoms with van der Waals surface area (Å²) < 4.78 is 39.6. The molecule has 138 valence electrons. The fourth-order valence-electron chi connectivity index (χ4n) is 1.96. The lowest BCUT2D eigenvalue weighted by Gasteiger charge is -2.14. The first-order chi connectivity index (χ1) is 12.0. The number of nitro benzene ring substituents is 1. The predicted octanol–water partition coefficient (Wildman–Crippen LogP) is 3.00. The van der Waals surface area contributed by atoms with Crippen molar-refractivity contribution in [3.05, 3.63) is 62.4 Å². The van der Waals surface area contributed by atoms with Crippen molar-refractivity contribution < 1.29 is 22.5 Å². The molecule has 11 heteroatoms. The summed E-state index contributed by atoms with van der Waals surface area (Å²) in [4.78, 5) is 22.2. The molecule has 0 saturated heterocycles. The Morgan fingerprint density at radius 2 is 1.88 bits per heavy atom. The van der Waals surface area contributed by atoms with Gasteiger partial charge in [-0.25, -0.2) is 17.1 Å². The van der Waals surface area contributed by atoms with E-state index >= 15 is 0 Å². The number of benzene rings is 2. The zero-order valence-electron chi connectivity index (χ0n) is 13.6. The molecule has 1 N–H and O–H groups in total. The quantitative estimate of drug-likeness (QED) is 0.561. The first-order valence-corrected chi connectivity index (χ1v) is 9.24. The van der Waals surface area contributed by atoms with Gasteiger partial charge in [-0.15, -0.1) is 0 Å². The highest BCUT2D eigenvalue weighted by molar-refractivity contribution is 9.10. The summed E-state index contributed by atoms with van der Waals surface area (Å²) in [7, 11) is -1.14. The van der Waals surface area contributed by atoms with Crippen LogP contribution in [0.4, 0.5) is 15.8 Å². The average molecular weight is 446 g/mol. The fraction of sp³-hybridized carbons (Fsp3) is 0.133. The third-order valence-electron chi connectivity index (χ3n) is 3.36. The number of carbonyl (C=O) groups excluding carboxylic acids is 1. The number of amides is 1. The second-order valence-electron chi connectivity index (χ2n) is 5.31. The van der Waals surface area contributed by atoms with E-state index in [4.69, 9.17) is 0 Å². The molecule has 0 spiro atoms. The minimum Gasteiger partial charge on any atom is -0.319 e. The van der Waals surface area contributed by atoms with Gasteiger partial charge in [0.15, 0.2) is 0 Å². The molecule has 2 rings (SSSR count). The number of anilines is 1. The van der Waals surface area contributed by atoms with E-state index in [1.807, 2.05) is 0 Å². The Kier molecular flexibility index (Phi) is 5.74. The van der Waals surface area contributed by atoms with Crippen LogP contribution >= 0.6 is 15.9 Å². The molecule has 0 aromatic heterocycles. The van der Waals surface area contributed by atoms with Gasteiger partial charge in [0.05, 0.1) is 15.5 Å². The van der Waals surface area contributed by atoms with Crippen LogP contribution in [-0.4, -0.2) is 37.6 Å². The lowest BCUT2D eigenvalue weighted by Crippen LogP contribution is -2.23. The summed E-state index contributed by atoms with van der Waals surface area (Å²) in [5, 5.41) is 13.0. The third-order valence-corrected chi connectivity index (χ3v) is 6.17. The van der Waals surface area contributed by atoms with Crippen LogP contribution in [0.1, 0.15) is 10.4 Å². The minimum atomic E-state index is -3.82. The van der Waals surface area contributed by atoms with Crippen LogP contribution < -0.4 is 5.32 Å². The smallest absolute Gasteiger partial charge is 0.271 e. The molecular weight excluding hydrogens is 433 g/mol. The zero-order chi connectivity index (χ0) is 19.6. The van der Waals surface area contributed by atoms with Crippen molar-refractivity contribution in [2.75, 3.05) is 19.4 Å². The van der Waals surface area contributed by atoms with Crippen molar-refractivity contribution in [2.24, 2.45) is 0 Å². The van der Waals surface area contributed by atoms with E-state index in [-0.39, 0.29) is 20.6 Å². The minimum absolute atomic E-state index is 0.0560. The Hall–Kier alpha value is -2.37. The van der Waals surface area contributed by atoms with E-state index in [9.17, 15) is 27.7 Å². The maximum Gasteiger partial charge on any atom is 0.271 e. The molecule has 0 saturated carbocycles. The Balaban J connectivity index is 2.40. The van der Waals surface area contributed by atoms with Crippen molar-refractivity contribution in [2.45, 2.75) is 4.90 Å². The molecule has 2 aromatic rings. The standard InChI is InChI=1S/C15H13BrFN3O5S/c1-19(2)26(24,25)14-7-9(3-5-11(14)16)15(21)18-13-8-10(20(22)23)4-6-12(13)17/h3-8H,1-2H3,(H,18,21). The van der Waals surface area contributed by atoms with Crippen LogP contribution in [0.2, 0.25) is 0 Å². The van der Waals surface area contributed by atoms with Gasteiger partial charge in [0.1, 0.15) is 5.82 Å². The molecule has 0 aliphatic heterocycles. The van der Waals surface area contributed by atoms with Crippen molar-refractivity contribution >= 4 is 43.2 Å². The molecule has 0 bridgehead atoms. The average Bonchev–Trinajstić information content (AvgIpc) is 2.56. The van der Waals surface area contributed by atoms with E-state index in [0.29, 0.717) is 0 Å². The highest BCUT2D eigenvalue weighted by Crippen LogP contribution is 2.26. The largest absolute Gasteiger partial charge is 0.319 e. The van der Waals surface area contributed by atoms with E-state index < -0.39 is 32.4 Å². The summed E-state index contributed by atoms with van der Waals surface area (Å²) >= 11 is 3.12. The fourth-order valence-corrected chi connectivity index (χ4v) is 3.80. The topological polar surface area (TPSA) is 110 Å². The van der Waals surface area contributed by atoms with Gasteiger partial charge in [-0.05, 0) is 40.2 Å². The molecule has 0 heterocycles. The lowest BCUT2D eigenvalue weighted by atomic mass is 10.2. The van der Waals surface area contributed by atoms with E-state index in [0.717, 1.165) is 28.6 Å². The van der Waals surface area contributed by atoms with E-state index in [1.54, 1.807) is 0 Å². The van der Waals surface area contributed by atoms with Gasteiger partial charge in [-0.2, -0.15) is 0 Å². The molecule has 8 nitrogen and oxygen atoms in total. The second-order valence-corrected chi connectivity index (χ2v) is 8.28. The van der Waals surface area contributed by atoms with Crippen LogP contribution in [0.5, 0.6) is 0 Å². The lowest BCUT2D eigenvalue weighted by molar-refractivity contribution is -0.384. The van der Waals surface area contributed by atoms with Crippen molar-refractivity contribution in [3.8, 4) is 0 Å². The molecule has 0 fully saturated rings. The zero-order valence-corrected chi connectivity index (χ0v) is 16.0. The van der Waals surface area contributed by atoms with Crippen LogP contribution in [0.25, 0.3) is 0 Å². The number of sulfonamides is 1. The number of nitrogens with zero attached hydrogens (tertiary/aromatic N) is 2. The van der Waals surface area contributed by atoms with Gasteiger partial charge >= 0.3 is 0 Å². The molecular formula is C15H13BrFN3O5S. The van der Waals surface area contributed by atoms with Crippen LogP contribution in [0.15, 0.2) is 45.8 Å². The van der Waals surface area contributed by atoms with E-state index in [2.05, 4.69) is 21.2 Å². The van der Waals surface area contributed by atoms with Crippen LogP contribution in [0.3, 0.4) is 0 Å². The molecule has 0 aliphatic rings. The molecule has 0 atom stereocenters. The summed E-state index contributed by atoms with van der Waals surface area (Å²) in [6, 6.07) is 6.54. The summed E-state index contributed by atoms with van der Waals surface area (Å²) in [5.41, 5.74) is -0.836. The molecule has 0 aliphatic carbocycles. The number of hydrogen-bond donors (Lipinski definition) is 1. The monoisotopic (exact) mass is 445 g/mol. The van der Waals surface area contributed by atoms with Gasteiger partial charge in [-0.3, -0.25) is 14.9 Å². The van der Waals surface area contributed by atoms with Gasteiger partial charge in [0.2, 0.25) is 10.0 Å². The summed E-state index contributed by atoms with van der Waals surface area (Å²) in [6.07, 6.45) is 0. The normalized spacial score (nSPS) is 11.4. The van der Waals surface area contributed by atoms with Crippen molar-refractivity contribution in [3.63, 3.8) is 0 Å². The molecule has 26 heavy (non-hydrogen) atoms. The first-order valence-electron chi connectivity index (χ1n) is 7.01.